The summed E-state index contributed by atoms with van der Waals surface area (Å²) in [6.45, 7) is 5.94. The molecule has 0 saturated heterocycles. The van der Waals surface area contributed by atoms with Crippen molar-refractivity contribution < 1.29 is 32.0 Å². The molecular formula is C13H25NO7S. The second kappa shape index (κ2) is 9.06. The van der Waals surface area contributed by atoms with Crippen LogP contribution in [-0.4, -0.2) is 57.0 Å². The van der Waals surface area contributed by atoms with E-state index in [0.717, 1.165) is 0 Å². The fourth-order valence-corrected chi connectivity index (χ4v) is 2.53. The lowest BCUT2D eigenvalue weighted by Gasteiger charge is -2.28. The van der Waals surface area contributed by atoms with Crippen molar-refractivity contribution in [1.29, 1.82) is 0 Å². The Morgan fingerprint density at radius 2 is 1.91 bits per heavy atom. The first-order valence-corrected chi connectivity index (χ1v) is 8.56. The molecule has 1 amide bonds. The van der Waals surface area contributed by atoms with E-state index in [0.29, 0.717) is 0 Å². The van der Waals surface area contributed by atoms with Gasteiger partial charge in [-0.25, -0.2) is 4.79 Å². The summed E-state index contributed by atoms with van der Waals surface area (Å²) >= 11 is 0. The number of ether oxygens (including phenoxy) is 1. The zero-order chi connectivity index (χ0) is 17.4. The number of aliphatic hydroxyl groups is 1. The zero-order valence-corrected chi connectivity index (χ0v) is 14.2. The minimum Gasteiger partial charge on any atom is -0.464 e. The van der Waals surface area contributed by atoms with Crippen molar-refractivity contribution in [3.63, 3.8) is 0 Å². The van der Waals surface area contributed by atoms with E-state index in [1.807, 2.05) is 0 Å². The number of esters is 1. The summed E-state index contributed by atoms with van der Waals surface area (Å²) in [6.07, 6.45) is -1.27. The molecule has 0 bridgehead atoms. The maximum Gasteiger partial charge on any atom is 0.335 e. The number of hydrogen-bond donors (Lipinski definition) is 2. The first kappa shape index (κ1) is 20.8. The number of hydrogen-bond acceptors (Lipinski definition) is 7. The maximum absolute atomic E-state index is 11.7. The lowest BCUT2D eigenvalue weighted by molar-refractivity contribution is -0.160. The summed E-state index contributed by atoms with van der Waals surface area (Å²) in [7, 11) is -3.80. The number of carbonyl (C=O) groups is 2. The van der Waals surface area contributed by atoms with Gasteiger partial charge in [0.1, 0.15) is 0 Å². The molecule has 0 aliphatic rings. The third-order valence-electron chi connectivity index (χ3n) is 2.81. The lowest BCUT2D eigenvalue weighted by atomic mass is 9.88. The molecule has 0 aromatic heterocycles. The molecular weight excluding hydrogens is 314 g/mol. The van der Waals surface area contributed by atoms with E-state index in [1.54, 1.807) is 6.92 Å². The van der Waals surface area contributed by atoms with Crippen molar-refractivity contribution >= 4 is 22.0 Å². The Kier molecular flexibility index (Phi) is 8.57. The van der Waals surface area contributed by atoms with Crippen LogP contribution >= 0.6 is 0 Å². The van der Waals surface area contributed by atoms with Crippen molar-refractivity contribution in [2.45, 2.75) is 40.2 Å². The van der Waals surface area contributed by atoms with E-state index in [4.69, 9.17) is 4.18 Å². The molecule has 22 heavy (non-hydrogen) atoms. The third-order valence-corrected chi connectivity index (χ3v) is 4.07. The van der Waals surface area contributed by atoms with Gasteiger partial charge in [0.15, 0.2) is 6.10 Å². The van der Waals surface area contributed by atoms with Crippen molar-refractivity contribution in [3.8, 4) is 0 Å². The van der Waals surface area contributed by atoms with E-state index in [9.17, 15) is 23.1 Å². The Bertz CT molecular complexity index is 473. The standard InChI is InChI=1S/C13H25NO7S/c1-5-20-12(17)11(16)13(3,4)9-21-22(18,19)8-6-7-14-10(2)15/h11,16H,5-9H2,1-4H3,(H,14,15)/t11-/m0/s1. The van der Waals surface area contributed by atoms with Crippen LogP contribution in [0.3, 0.4) is 0 Å². The van der Waals surface area contributed by atoms with Gasteiger partial charge in [0.25, 0.3) is 10.1 Å². The monoisotopic (exact) mass is 339 g/mol. The number of carbonyl (C=O) groups excluding carboxylic acids is 2. The molecule has 0 aromatic carbocycles. The molecule has 8 nitrogen and oxygen atoms in total. The smallest absolute Gasteiger partial charge is 0.335 e. The van der Waals surface area contributed by atoms with Crippen LogP contribution < -0.4 is 5.32 Å². The molecule has 0 unspecified atom stereocenters. The second-order valence-electron chi connectivity index (χ2n) is 5.50. The molecule has 1 atom stereocenters. The minimum absolute atomic E-state index is 0.119. The summed E-state index contributed by atoms with van der Waals surface area (Å²) in [5.74, 6) is -1.32. The number of aliphatic hydroxyl groups excluding tert-OH is 1. The highest BCUT2D eigenvalue weighted by Gasteiger charge is 2.36. The average molecular weight is 339 g/mol. The summed E-state index contributed by atoms with van der Waals surface area (Å²) in [6, 6.07) is 0. The predicted molar refractivity (Wildman–Crippen MR) is 79.5 cm³/mol. The van der Waals surface area contributed by atoms with Gasteiger partial charge in [-0.2, -0.15) is 8.42 Å². The van der Waals surface area contributed by atoms with Gasteiger partial charge in [0.2, 0.25) is 5.91 Å². The van der Waals surface area contributed by atoms with Gasteiger partial charge in [-0.1, -0.05) is 13.8 Å². The highest BCUT2D eigenvalue weighted by Crippen LogP contribution is 2.23. The summed E-state index contributed by atoms with van der Waals surface area (Å²) in [5.41, 5.74) is -1.11. The van der Waals surface area contributed by atoms with Gasteiger partial charge in [-0.3, -0.25) is 8.98 Å². The van der Waals surface area contributed by atoms with Crippen molar-refractivity contribution in [2.75, 3.05) is 25.5 Å². The van der Waals surface area contributed by atoms with E-state index in [-0.39, 0.29) is 37.8 Å². The number of nitrogens with one attached hydrogen (secondary N) is 1. The fraction of sp³-hybridized carbons (Fsp3) is 0.846. The van der Waals surface area contributed by atoms with Crippen LogP contribution in [0.5, 0.6) is 0 Å². The van der Waals surface area contributed by atoms with E-state index in [2.05, 4.69) is 10.1 Å². The van der Waals surface area contributed by atoms with Crippen LogP contribution in [0.15, 0.2) is 0 Å². The molecule has 9 heteroatoms. The van der Waals surface area contributed by atoms with Gasteiger partial charge >= 0.3 is 5.97 Å². The van der Waals surface area contributed by atoms with Crippen LogP contribution in [0.4, 0.5) is 0 Å². The molecule has 0 aliphatic carbocycles. The second-order valence-corrected chi connectivity index (χ2v) is 7.26. The van der Waals surface area contributed by atoms with Crippen LogP contribution in [0.25, 0.3) is 0 Å². The molecule has 0 saturated carbocycles. The molecule has 0 aromatic rings. The molecule has 2 N–H and O–H groups in total. The molecule has 130 valence electrons. The first-order valence-electron chi connectivity index (χ1n) is 6.98. The summed E-state index contributed by atoms with van der Waals surface area (Å²) in [4.78, 5) is 22.1. The quantitative estimate of drug-likeness (QED) is 0.321. The van der Waals surface area contributed by atoms with Gasteiger partial charge in [-0.05, 0) is 13.3 Å². The van der Waals surface area contributed by atoms with Crippen molar-refractivity contribution in [1.82, 2.24) is 5.32 Å². The van der Waals surface area contributed by atoms with Gasteiger partial charge in [0.05, 0.1) is 19.0 Å². The normalized spacial score (nSPS) is 13.5. The van der Waals surface area contributed by atoms with E-state index < -0.39 is 27.6 Å². The molecule has 0 radical (unpaired) electrons. The van der Waals surface area contributed by atoms with Crippen molar-refractivity contribution in [2.24, 2.45) is 5.41 Å². The van der Waals surface area contributed by atoms with Gasteiger partial charge in [-0.15, -0.1) is 0 Å². The highest BCUT2D eigenvalue weighted by atomic mass is 32.2. The molecule has 0 rings (SSSR count). The molecule has 0 fully saturated rings. The Balaban J connectivity index is 4.38. The van der Waals surface area contributed by atoms with Crippen LogP contribution in [0.2, 0.25) is 0 Å². The molecule has 0 aliphatic heterocycles. The van der Waals surface area contributed by atoms with Crippen LogP contribution in [0.1, 0.15) is 34.1 Å². The fourth-order valence-electron chi connectivity index (χ4n) is 1.43. The Labute approximate surface area is 131 Å². The summed E-state index contributed by atoms with van der Waals surface area (Å²) in [5, 5.41) is 12.3. The average Bonchev–Trinajstić information content (AvgIpc) is 2.41. The van der Waals surface area contributed by atoms with Crippen LogP contribution in [-0.2, 0) is 28.6 Å². The van der Waals surface area contributed by atoms with Crippen molar-refractivity contribution in [3.05, 3.63) is 0 Å². The Morgan fingerprint density at radius 3 is 2.41 bits per heavy atom. The number of amides is 1. The number of rotatable bonds is 10. The Morgan fingerprint density at radius 1 is 1.32 bits per heavy atom. The summed E-state index contributed by atoms with van der Waals surface area (Å²) < 4.78 is 32.9. The van der Waals surface area contributed by atoms with Gasteiger partial charge < -0.3 is 15.2 Å². The van der Waals surface area contributed by atoms with Gasteiger partial charge in [0, 0.05) is 18.9 Å². The zero-order valence-electron chi connectivity index (χ0n) is 13.4. The predicted octanol–water partition coefficient (Wildman–Crippen LogP) is -0.191. The van der Waals surface area contributed by atoms with E-state index >= 15 is 0 Å². The molecule has 0 heterocycles. The largest absolute Gasteiger partial charge is 0.464 e. The molecule has 0 spiro atoms. The van der Waals surface area contributed by atoms with E-state index in [1.165, 1.54) is 20.8 Å². The van der Waals surface area contributed by atoms with Crippen LogP contribution in [0, 0.1) is 5.41 Å². The maximum atomic E-state index is 11.7. The lowest BCUT2D eigenvalue weighted by Crippen LogP contribution is -2.41. The third kappa shape index (κ3) is 8.30. The topological polar surface area (TPSA) is 119 Å². The highest BCUT2D eigenvalue weighted by molar-refractivity contribution is 7.86. The Hall–Kier alpha value is -1.19. The SMILES string of the molecule is CCOC(=O)[C@H](O)C(C)(C)COS(=O)(=O)CCCNC(C)=O. The minimum atomic E-state index is -3.80. The first-order chi connectivity index (χ1) is 10.0.